The quantitative estimate of drug-likeness (QED) is 0.158. The standard InChI is InChI=1S/C35H54ClN7O3/c1-8-35(7,33(46)38-21-26(4)44)24-34(5,6)32(45)39-22-29-23-43(41-40-29)18-17-42(9-2)16-10-11-25(3)19-27-14-15-37-31-20-28(36)12-13-30(27)31/h12-15,20,23,25-26,44H,8-11,16-19,21-22,24H2,1-7H3,(H,38,46)(H,39,45). The van der Waals surface area contributed by atoms with Crippen LogP contribution in [-0.2, 0) is 29.1 Å². The van der Waals surface area contributed by atoms with Gasteiger partial charge in [-0.1, -0.05) is 64.4 Å². The molecule has 3 N–H and O–H groups in total. The SMILES string of the molecule is CCN(CCCC(C)Cc1ccnc2cc(Cl)ccc12)CCn1cc(CNC(=O)C(C)(C)CC(C)(CC)C(=O)NCC(C)O)nn1. The minimum atomic E-state index is -0.775. The van der Waals surface area contributed by atoms with Crippen LogP contribution in [0.3, 0.4) is 0 Å². The van der Waals surface area contributed by atoms with E-state index < -0.39 is 16.9 Å². The first-order valence-corrected chi connectivity index (χ1v) is 17.0. The molecule has 2 amide bonds. The average Bonchev–Trinajstić information content (AvgIpc) is 3.47. The van der Waals surface area contributed by atoms with Crippen LogP contribution in [0.25, 0.3) is 10.9 Å². The van der Waals surface area contributed by atoms with Gasteiger partial charge in [-0.3, -0.25) is 19.3 Å². The first-order valence-electron chi connectivity index (χ1n) is 16.7. The minimum absolute atomic E-state index is 0.141. The molecule has 3 unspecified atom stereocenters. The summed E-state index contributed by atoms with van der Waals surface area (Å²) in [7, 11) is 0. The fraction of sp³-hybridized carbons (Fsp3) is 0.629. The summed E-state index contributed by atoms with van der Waals surface area (Å²) in [4.78, 5) is 32.9. The van der Waals surface area contributed by atoms with Crippen molar-refractivity contribution in [1.29, 1.82) is 0 Å². The van der Waals surface area contributed by atoms with Crippen molar-refractivity contribution >= 4 is 34.3 Å². The van der Waals surface area contributed by atoms with Gasteiger partial charge in [-0.2, -0.15) is 0 Å². The molecule has 0 aliphatic carbocycles. The zero-order valence-electron chi connectivity index (χ0n) is 28.8. The summed E-state index contributed by atoms with van der Waals surface area (Å²) in [6.07, 6.45) is 7.36. The summed E-state index contributed by atoms with van der Waals surface area (Å²) < 4.78 is 1.83. The largest absolute Gasteiger partial charge is 0.392 e. The van der Waals surface area contributed by atoms with E-state index in [0.29, 0.717) is 29.5 Å². The molecule has 0 aliphatic rings. The normalized spacial score (nSPS) is 14.7. The number of amides is 2. The first kappa shape index (κ1) is 37.4. The summed E-state index contributed by atoms with van der Waals surface area (Å²) in [6.45, 7) is 17.7. The van der Waals surface area contributed by atoms with Crippen molar-refractivity contribution in [2.75, 3.05) is 26.2 Å². The monoisotopic (exact) mass is 655 g/mol. The van der Waals surface area contributed by atoms with Crippen LogP contribution in [0.2, 0.25) is 5.02 Å². The zero-order chi connectivity index (χ0) is 33.9. The molecule has 2 heterocycles. The second-order valence-corrected chi connectivity index (χ2v) is 14.1. The summed E-state index contributed by atoms with van der Waals surface area (Å²) in [5.74, 6) is 0.263. The van der Waals surface area contributed by atoms with E-state index >= 15 is 0 Å². The van der Waals surface area contributed by atoms with E-state index in [1.54, 1.807) is 6.92 Å². The molecule has 46 heavy (non-hydrogen) atoms. The molecule has 0 saturated heterocycles. The first-order chi connectivity index (χ1) is 21.8. The number of rotatable bonds is 19. The maximum absolute atomic E-state index is 13.1. The molecule has 3 aromatic rings. The van der Waals surface area contributed by atoms with Crippen LogP contribution in [0.1, 0.15) is 85.4 Å². The number of carbonyl (C=O) groups is 2. The molecule has 0 radical (unpaired) electrons. The summed E-state index contributed by atoms with van der Waals surface area (Å²) >= 11 is 6.15. The van der Waals surface area contributed by atoms with Crippen LogP contribution < -0.4 is 10.6 Å². The number of nitrogens with zero attached hydrogens (tertiary/aromatic N) is 5. The highest BCUT2D eigenvalue weighted by atomic mass is 35.5. The van der Waals surface area contributed by atoms with Crippen molar-refractivity contribution < 1.29 is 14.7 Å². The third-order valence-corrected chi connectivity index (χ3v) is 9.21. The van der Waals surface area contributed by atoms with Gasteiger partial charge in [-0.05, 0) is 81.8 Å². The second kappa shape index (κ2) is 17.2. The van der Waals surface area contributed by atoms with Crippen molar-refractivity contribution in [3.05, 3.63) is 52.9 Å². The highest BCUT2D eigenvalue weighted by Crippen LogP contribution is 2.37. The number of hydrogen-bond acceptors (Lipinski definition) is 7. The number of aliphatic hydroxyl groups is 1. The molecule has 0 bridgehead atoms. The lowest BCUT2D eigenvalue weighted by Gasteiger charge is -2.35. The predicted molar refractivity (Wildman–Crippen MR) is 184 cm³/mol. The Bertz CT molecular complexity index is 1430. The Balaban J connectivity index is 1.42. The molecule has 2 aromatic heterocycles. The Morgan fingerprint density at radius 2 is 1.85 bits per heavy atom. The number of carbonyl (C=O) groups excluding carboxylic acids is 2. The Morgan fingerprint density at radius 3 is 2.54 bits per heavy atom. The zero-order valence-corrected chi connectivity index (χ0v) is 29.5. The third kappa shape index (κ3) is 11.0. The Morgan fingerprint density at radius 1 is 1.09 bits per heavy atom. The van der Waals surface area contributed by atoms with E-state index in [1.807, 2.05) is 56.9 Å². The summed E-state index contributed by atoms with van der Waals surface area (Å²) in [5, 5.41) is 25.8. The van der Waals surface area contributed by atoms with Crippen LogP contribution in [0.4, 0.5) is 0 Å². The number of fused-ring (bicyclic) bond motifs is 1. The second-order valence-electron chi connectivity index (χ2n) is 13.7. The number of nitrogens with one attached hydrogen (secondary N) is 2. The summed E-state index contributed by atoms with van der Waals surface area (Å²) in [5.41, 5.74) is 1.45. The van der Waals surface area contributed by atoms with E-state index in [-0.39, 0.29) is 24.9 Å². The predicted octanol–water partition coefficient (Wildman–Crippen LogP) is 5.41. The topological polar surface area (TPSA) is 125 Å². The van der Waals surface area contributed by atoms with Gasteiger partial charge in [-0.25, -0.2) is 0 Å². The molecule has 1 aromatic carbocycles. The fourth-order valence-electron chi connectivity index (χ4n) is 5.99. The lowest BCUT2D eigenvalue weighted by Crippen LogP contribution is -2.47. The molecule has 3 rings (SSSR count). The maximum Gasteiger partial charge on any atom is 0.226 e. The molecule has 0 spiro atoms. The van der Waals surface area contributed by atoms with Gasteiger partial charge >= 0.3 is 0 Å². The molecule has 0 aliphatic heterocycles. The van der Waals surface area contributed by atoms with Gasteiger partial charge in [0.2, 0.25) is 11.8 Å². The fourth-order valence-corrected chi connectivity index (χ4v) is 6.15. The molecular weight excluding hydrogens is 602 g/mol. The number of pyridine rings is 1. The number of aromatic nitrogens is 4. The van der Waals surface area contributed by atoms with Crippen LogP contribution >= 0.6 is 11.6 Å². The Hall–Kier alpha value is -3.08. The maximum atomic E-state index is 13.1. The average molecular weight is 656 g/mol. The number of hydrogen-bond donors (Lipinski definition) is 3. The van der Waals surface area contributed by atoms with Crippen molar-refractivity contribution in [2.45, 2.75) is 99.8 Å². The van der Waals surface area contributed by atoms with Gasteiger partial charge in [0.05, 0.1) is 30.9 Å². The van der Waals surface area contributed by atoms with E-state index in [4.69, 9.17) is 11.6 Å². The number of aliphatic hydroxyl groups excluding tert-OH is 1. The van der Waals surface area contributed by atoms with Crippen LogP contribution in [0, 0.1) is 16.7 Å². The smallest absolute Gasteiger partial charge is 0.226 e. The van der Waals surface area contributed by atoms with Gasteiger partial charge in [-0.15, -0.1) is 5.10 Å². The van der Waals surface area contributed by atoms with Gasteiger partial charge in [0.25, 0.3) is 0 Å². The molecule has 11 heteroatoms. The molecular formula is C35H54ClN7O3. The molecule has 10 nitrogen and oxygen atoms in total. The highest BCUT2D eigenvalue weighted by molar-refractivity contribution is 6.31. The van der Waals surface area contributed by atoms with Gasteiger partial charge in [0.15, 0.2) is 0 Å². The molecule has 3 atom stereocenters. The molecule has 0 saturated carbocycles. The van der Waals surface area contributed by atoms with Gasteiger partial charge in [0, 0.05) is 40.5 Å². The van der Waals surface area contributed by atoms with Gasteiger partial charge in [0.1, 0.15) is 5.69 Å². The van der Waals surface area contributed by atoms with Crippen LogP contribution in [0.5, 0.6) is 0 Å². The molecule has 254 valence electrons. The van der Waals surface area contributed by atoms with Crippen molar-refractivity contribution in [3.8, 4) is 0 Å². The highest BCUT2D eigenvalue weighted by Gasteiger charge is 2.40. The van der Waals surface area contributed by atoms with E-state index in [0.717, 1.165) is 51.0 Å². The summed E-state index contributed by atoms with van der Waals surface area (Å²) in [6, 6.07) is 8.05. The molecule has 0 fully saturated rings. The Labute approximate surface area is 279 Å². The van der Waals surface area contributed by atoms with Crippen molar-refractivity contribution in [3.63, 3.8) is 0 Å². The van der Waals surface area contributed by atoms with Crippen molar-refractivity contribution in [1.82, 2.24) is 35.5 Å². The van der Waals surface area contributed by atoms with Crippen LogP contribution in [-0.4, -0.2) is 74.1 Å². The van der Waals surface area contributed by atoms with E-state index in [9.17, 15) is 14.7 Å². The van der Waals surface area contributed by atoms with E-state index in [1.165, 1.54) is 10.9 Å². The van der Waals surface area contributed by atoms with Crippen molar-refractivity contribution in [2.24, 2.45) is 16.7 Å². The van der Waals surface area contributed by atoms with E-state index in [2.05, 4.69) is 56.8 Å². The van der Waals surface area contributed by atoms with Crippen LogP contribution in [0.15, 0.2) is 36.7 Å². The Kier molecular flexibility index (Phi) is 14.0. The minimum Gasteiger partial charge on any atom is -0.392 e. The number of benzene rings is 1. The third-order valence-electron chi connectivity index (χ3n) is 8.98. The lowest BCUT2D eigenvalue weighted by atomic mass is 9.71. The number of likely N-dealkylation sites (N-methyl/N-ethyl adjacent to an activating group) is 1. The lowest BCUT2D eigenvalue weighted by molar-refractivity contribution is -0.137. The number of halogens is 1. The van der Waals surface area contributed by atoms with Gasteiger partial charge < -0.3 is 20.6 Å².